The zero-order valence-corrected chi connectivity index (χ0v) is 9.87. The van der Waals surface area contributed by atoms with Crippen LogP contribution in [0.15, 0.2) is 24.4 Å². The fourth-order valence-corrected chi connectivity index (χ4v) is 2.11. The van der Waals surface area contributed by atoms with Crippen LogP contribution < -0.4 is 0 Å². The second kappa shape index (κ2) is 3.71. The van der Waals surface area contributed by atoms with Crippen molar-refractivity contribution in [1.82, 2.24) is 4.98 Å². The maximum Gasteiger partial charge on any atom is 0.102 e. The number of fused-ring (bicyclic) bond motifs is 1. The average Bonchev–Trinajstić information content (AvgIpc) is 2.20. The van der Waals surface area contributed by atoms with Gasteiger partial charge in [0.2, 0.25) is 0 Å². The third-order valence-corrected chi connectivity index (χ3v) is 3.18. The highest BCUT2D eigenvalue weighted by molar-refractivity contribution is 14.1. The Bertz CT molecular complexity index is 546. The van der Waals surface area contributed by atoms with Gasteiger partial charge in [-0.3, -0.25) is 4.98 Å². The lowest BCUT2D eigenvalue weighted by atomic mass is 10.2. The van der Waals surface area contributed by atoms with Crippen LogP contribution >= 0.6 is 34.2 Å². The van der Waals surface area contributed by atoms with Gasteiger partial charge in [-0.1, -0.05) is 23.7 Å². The number of benzene rings is 1. The number of halogens is 2. The summed E-state index contributed by atoms with van der Waals surface area (Å²) in [6.07, 6.45) is 1.51. The van der Waals surface area contributed by atoms with Crippen LogP contribution in [-0.2, 0) is 0 Å². The summed E-state index contributed by atoms with van der Waals surface area (Å²) in [6.45, 7) is 0. The molecule has 0 spiro atoms. The van der Waals surface area contributed by atoms with Crippen molar-refractivity contribution in [3.63, 3.8) is 0 Å². The normalized spacial score (nSPS) is 10.1. The molecule has 0 radical (unpaired) electrons. The van der Waals surface area contributed by atoms with Crippen molar-refractivity contribution in [3.05, 3.63) is 38.6 Å². The smallest absolute Gasteiger partial charge is 0.102 e. The molecule has 2 aromatic rings. The average molecular weight is 315 g/mol. The second-order valence-corrected chi connectivity index (χ2v) is 4.27. The molecule has 0 saturated carbocycles. The van der Waals surface area contributed by atoms with Crippen LogP contribution in [0.2, 0.25) is 5.02 Å². The summed E-state index contributed by atoms with van der Waals surface area (Å²) in [5.41, 5.74) is 1.26. The molecular formula is C10H4ClIN2. The number of nitriles is 1. The van der Waals surface area contributed by atoms with E-state index in [1.165, 1.54) is 6.20 Å². The van der Waals surface area contributed by atoms with E-state index in [1.807, 2.05) is 24.3 Å². The summed E-state index contributed by atoms with van der Waals surface area (Å²) in [6, 6.07) is 7.74. The van der Waals surface area contributed by atoms with E-state index in [0.717, 1.165) is 14.5 Å². The third kappa shape index (κ3) is 1.45. The molecule has 0 aliphatic rings. The Balaban J connectivity index is 2.92. The van der Waals surface area contributed by atoms with Crippen LogP contribution in [0.25, 0.3) is 10.9 Å². The second-order valence-electron chi connectivity index (χ2n) is 2.73. The molecule has 0 fully saturated rings. The van der Waals surface area contributed by atoms with Crippen molar-refractivity contribution in [2.75, 3.05) is 0 Å². The minimum absolute atomic E-state index is 0.418. The van der Waals surface area contributed by atoms with Crippen LogP contribution in [0.1, 0.15) is 5.56 Å². The monoisotopic (exact) mass is 314 g/mol. The first-order chi connectivity index (χ1) is 6.74. The molecule has 1 heterocycles. The number of hydrogen-bond acceptors (Lipinski definition) is 2. The maximum atomic E-state index is 8.77. The molecular weight excluding hydrogens is 310 g/mol. The van der Waals surface area contributed by atoms with Gasteiger partial charge in [-0.2, -0.15) is 5.26 Å². The lowest BCUT2D eigenvalue weighted by Gasteiger charge is -2.02. The van der Waals surface area contributed by atoms with Gasteiger partial charge >= 0.3 is 0 Å². The predicted molar refractivity (Wildman–Crippen MR) is 64.2 cm³/mol. The zero-order chi connectivity index (χ0) is 10.1. The van der Waals surface area contributed by atoms with E-state index in [2.05, 4.69) is 27.6 Å². The van der Waals surface area contributed by atoms with Crippen LogP contribution in [0.4, 0.5) is 0 Å². The van der Waals surface area contributed by atoms with E-state index in [0.29, 0.717) is 10.6 Å². The molecule has 0 amide bonds. The highest BCUT2D eigenvalue weighted by Crippen LogP contribution is 2.27. The first kappa shape index (κ1) is 9.69. The van der Waals surface area contributed by atoms with Crippen molar-refractivity contribution in [2.45, 2.75) is 0 Å². The fraction of sp³-hybridized carbons (Fsp3) is 0. The molecule has 0 saturated heterocycles. The largest absolute Gasteiger partial charge is 0.254 e. The number of hydrogen-bond donors (Lipinski definition) is 0. The Morgan fingerprint density at radius 3 is 2.93 bits per heavy atom. The Morgan fingerprint density at radius 2 is 2.21 bits per heavy atom. The van der Waals surface area contributed by atoms with Crippen LogP contribution in [0.3, 0.4) is 0 Å². The quantitative estimate of drug-likeness (QED) is 0.699. The standard InChI is InChI=1S/C10H4ClIN2/c11-9-6(4-13)5-14-10-7(9)2-1-3-8(10)12/h1-3,5H. The number of aromatic nitrogens is 1. The first-order valence-electron chi connectivity index (χ1n) is 3.87. The summed E-state index contributed by atoms with van der Waals surface area (Å²) >= 11 is 8.24. The molecule has 68 valence electrons. The van der Waals surface area contributed by atoms with Gasteiger partial charge in [-0.25, -0.2) is 0 Å². The van der Waals surface area contributed by atoms with Gasteiger partial charge < -0.3 is 0 Å². The minimum Gasteiger partial charge on any atom is -0.254 e. The lowest BCUT2D eigenvalue weighted by Crippen LogP contribution is -1.87. The number of nitrogens with zero attached hydrogens (tertiary/aromatic N) is 2. The summed E-state index contributed by atoms with van der Waals surface area (Å²) < 4.78 is 1.03. The van der Waals surface area contributed by atoms with Crippen LogP contribution in [0.5, 0.6) is 0 Å². The van der Waals surface area contributed by atoms with Gasteiger partial charge in [0.15, 0.2) is 0 Å². The molecule has 2 nitrogen and oxygen atoms in total. The number of para-hydroxylation sites is 1. The molecule has 0 bridgehead atoms. The van der Waals surface area contributed by atoms with Crippen molar-refractivity contribution in [3.8, 4) is 6.07 Å². The first-order valence-corrected chi connectivity index (χ1v) is 5.32. The van der Waals surface area contributed by atoms with Gasteiger partial charge in [0.1, 0.15) is 6.07 Å². The van der Waals surface area contributed by atoms with Gasteiger partial charge in [-0.15, -0.1) is 0 Å². The SMILES string of the molecule is N#Cc1cnc2c(I)cccc2c1Cl. The third-order valence-electron chi connectivity index (χ3n) is 1.90. The minimum atomic E-state index is 0.418. The van der Waals surface area contributed by atoms with Crippen molar-refractivity contribution in [1.29, 1.82) is 5.26 Å². The van der Waals surface area contributed by atoms with Gasteiger partial charge in [0.05, 0.1) is 16.1 Å². The highest BCUT2D eigenvalue weighted by atomic mass is 127. The maximum absolute atomic E-state index is 8.77. The Kier molecular flexibility index (Phi) is 2.57. The molecule has 0 unspecified atom stereocenters. The fourth-order valence-electron chi connectivity index (χ4n) is 1.23. The van der Waals surface area contributed by atoms with Crippen LogP contribution in [0, 0.1) is 14.9 Å². The van der Waals surface area contributed by atoms with E-state index >= 15 is 0 Å². The molecule has 0 atom stereocenters. The van der Waals surface area contributed by atoms with Crippen molar-refractivity contribution < 1.29 is 0 Å². The van der Waals surface area contributed by atoms with E-state index in [-0.39, 0.29) is 0 Å². The van der Waals surface area contributed by atoms with Crippen molar-refractivity contribution in [2.24, 2.45) is 0 Å². The number of rotatable bonds is 0. The molecule has 1 aromatic heterocycles. The van der Waals surface area contributed by atoms with Crippen molar-refractivity contribution >= 4 is 45.1 Å². The molecule has 0 aliphatic heterocycles. The van der Waals surface area contributed by atoms with E-state index in [4.69, 9.17) is 16.9 Å². The highest BCUT2D eigenvalue weighted by Gasteiger charge is 2.07. The molecule has 4 heteroatoms. The van der Waals surface area contributed by atoms with E-state index in [1.54, 1.807) is 0 Å². The molecule has 0 N–H and O–H groups in total. The molecule has 14 heavy (non-hydrogen) atoms. The molecule has 0 aliphatic carbocycles. The molecule has 1 aromatic carbocycles. The topological polar surface area (TPSA) is 36.7 Å². The summed E-state index contributed by atoms with van der Waals surface area (Å²) in [4.78, 5) is 4.20. The number of pyridine rings is 1. The summed E-state index contributed by atoms with van der Waals surface area (Å²) in [5, 5.41) is 10.1. The Labute approximate surface area is 99.7 Å². The zero-order valence-electron chi connectivity index (χ0n) is 6.96. The summed E-state index contributed by atoms with van der Waals surface area (Å²) in [5.74, 6) is 0. The lowest BCUT2D eigenvalue weighted by molar-refractivity contribution is 1.36. The van der Waals surface area contributed by atoms with E-state index in [9.17, 15) is 0 Å². The van der Waals surface area contributed by atoms with Crippen LogP contribution in [-0.4, -0.2) is 4.98 Å². The van der Waals surface area contributed by atoms with Gasteiger partial charge in [0, 0.05) is 15.2 Å². The Morgan fingerprint density at radius 1 is 1.43 bits per heavy atom. The van der Waals surface area contributed by atoms with E-state index < -0.39 is 0 Å². The molecule has 2 rings (SSSR count). The predicted octanol–water partition coefficient (Wildman–Crippen LogP) is 3.36. The summed E-state index contributed by atoms with van der Waals surface area (Å²) in [7, 11) is 0. The van der Waals surface area contributed by atoms with Gasteiger partial charge in [-0.05, 0) is 28.7 Å². The van der Waals surface area contributed by atoms with Gasteiger partial charge in [0.25, 0.3) is 0 Å². The Hall–Kier alpha value is -0.860.